The molecule has 0 aromatic carbocycles. The average molecular weight is 255 g/mol. The van der Waals surface area contributed by atoms with E-state index in [1.165, 1.54) is 0 Å². The molecule has 1 aliphatic rings. The van der Waals surface area contributed by atoms with Gasteiger partial charge in [-0.25, -0.2) is 13.4 Å². The number of aryl methyl sites for hydroxylation is 1. The van der Waals surface area contributed by atoms with Crippen LogP contribution in [0, 0.1) is 0 Å². The SMILES string of the molecule is O=S(=O)(Cl)c1c(Cl)nc2n1CCCC2. The zero-order valence-electron chi connectivity index (χ0n) is 7.20. The fourth-order valence-corrected chi connectivity index (χ4v) is 3.46. The molecule has 0 unspecified atom stereocenters. The third kappa shape index (κ3) is 1.64. The van der Waals surface area contributed by atoms with Crippen molar-refractivity contribution in [2.45, 2.75) is 30.8 Å². The molecule has 0 spiro atoms. The van der Waals surface area contributed by atoms with Crippen LogP contribution >= 0.6 is 22.3 Å². The summed E-state index contributed by atoms with van der Waals surface area (Å²) in [5.74, 6) is 0.709. The minimum absolute atomic E-state index is 0.0168. The van der Waals surface area contributed by atoms with Crippen LogP contribution in [-0.4, -0.2) is 18.0 Å². The average Bonchev–Trinajstić information content (AvgIpc) is 2.38. The van der Waals surface area contributed by atoms with Gasteiger partial charge in [0.15, 0.2) is 10.2 Å². The molecule has 0 radical (unpaired) electrons. The Morgan fingerprint density at radius 1 is 1.36 bits per heavy atom. The Morgan fingerprint density at radius 3 is 2.71 bits per heavy atom. The Labute approximate surface area is 91.3 Å². The molecular formula is C7H8Cl2N2O2S. The van der Waals surface area contributed by atoms with Crippen molar-refractivity contribution in [3.63, 3.8) is 0 Å². The third-order valence-electron chi connectivity index (χ3n) is 2.22. The summed E-state index contributed by atoms with van der Waals surface area (Å²) in [4.78, 5) is 3.98. The fourth-order valence-electron chi connectivity index (χ4n) is 1.66. The molecule has 1 aromatic heterocycles. The normalized spacial score (nSPS) is 16.7. The van der Waals surface area contributed by atoms with Crippen LogP contribution in [0.15, 0.2) is 5.03 Å². The van der Waals surface area contributed by atoms with Gasteiger partial charge in [0.2, 0.25) is 0 Å². The zero-order chi connectivity index (χ0) is 10.3. The van der Waals surface area contributed by atoms with Gasteiger partial charge in [-0.1, -0.05) is 11.6 Å². The highest BCUT2D eigenvalue weighted by Gasteiger charge is 2.26. The molecule has 0 amide bonds. The van der Waals surface area contributed by atoms with E-state index in [0.29, 0.717) is 12.4 Å². The topological polar surface area (TPSA) is 52.0 Å². The van der Waals surface area contributed by atoms with Crippen molar-refractivity contribution in [3.8, 4) is 0 Å². The highest BCUT2D eigenvalue weighted by Crippen LogP contribution is 2.28. The van der Waals surface area contributed by atoms with Gasteiger partial charge >= 0.3 is 0 Å². The van der Waals surface area contributed by atoms with Gasteiger partial charge in [0.25, 0.3) is 9.05 Å². The number of rotatable bonds is 1. The number of aromatic nitrogens is 2. The van der Waals surface area contributed by atoms with Crippen molar-refractivity contribution in [2.75, 3.05) is 0 Å². The summed E-state index contributed by atoms with van der Waals surface area (Å²) in [6, 6.07) is 0. The second-order valence-corrected chi connectivity index (χ2v) is 6.01. The number of imidazole rings is 1. The van der Waals surface area contributed by atoms with Crippen LogP contribution < -0.4 is 0 Å². The van der Waals surface area contributed by atoms with Gasteiger partial charge in [-0.2, -0.15) is 0 Å². The molecule has 2 heterocycles. The molecule has 0 N–H and O–H groups in total. The quantitative estimate of drug-likeness (QED) is 0.719. The first kappa shape index (κ1) is 10.3. The van der Waals surface area contributed by atoms with Gasteiger partial charge in [-0.15, -0.1) is 0 Å². The van der Waals surface area contributed by atoms with Crippen molar-refractivity contribution in [1.82, 2.24) is 9.55 Å². The molecule has 14 heavy (non-hydrogen) atoms. The molecular weight excluding hydrogens is 247 g/mol. The van der Waals surface area contributed by atoms with E-state index in [2.05, 4.69) is 4.98 Å². The summed E-state index contributed by atoms with van der Waals surface area (Å²) < 4.78 is 24.0. The second-order valence-electron chi connectivity index (χ2n) is 3.17. The van der Waals surface area contributed by atoms with E-state index in [9.17, 15) is 8.42 Å². The lowest BCUT2D eigenvalue weighted by atomic mass is 10.2. The van der Waals surface area contributed by atoms with Crippen LogP contribution in [0.4, 0.5) is 0 Å². The fraction of sp³-hybridized carbons (Fsp3) is 0.571. The van der Waals surface area contributed by atoms with Crippen LogP contribution in [0.1, 0.15) is 18.7 Å². The van der Waals surface area contributed by atoms with E-state index in [0.717, 1.165) is 19.3 Å². The van der Waals surface area contributed by atoms with Gasteiger partial charge in [-0.05, 0) is 12.8 Å². The number of halogens is 2. The lowest BCUT2D eigenvalue weighted by molar-refractivity contribution is 0.490. The molecule has 1 aliphatic heterocycles. The number of hydrogen-bond donors (Lipinski definition) is 0. The van der Waals surface area contributed by atoms with Crippen LogP contribution in [0.25, 0.3) is 0 Å². The second kappa shape index (κ2) is 3.40. The Kier molecular flexibility index (Phi) is 2.49. The lowest BCUT2D eigenvalue weighted by Gasteiger charge is -2.14. The van der Waals surface area contributed by atoms with E-state index in [1.807, 2.05) is 0 Å². The minimum Gasteiger partial charge on any atom is -0.317 e. The summed E-state index contributed by atoms with van der Waals surface area (Å²) in [7, 11) is 1.48. The smallest absolute Gasteiger partial charge is 0.280 e. The largest absolute Gasteiger partial charge is 0.317 e. The first-order valence-corrected chi connectivity index (χ1v) is 6.88. The van der Waals surface area contributed by atoms with Crippen LogP contribution in [0.2, 0.25) is 5.15 Å². The van der Waals surface area contributed by atoms with Crippen molar-refractivity contribution in [2.24, 2.45) is 0 Å². The number of nitrogens with zero attached hydrogens (tertiary/aromatic N) is 2. The summed E-state index contributed by atoms with van der Waals surface area (Å²) in [5.41, 5.74) is 0. The summed E-state index contributed by atoms with van der Waals surface area (Å²) in [5, 5.41) is -0.0765. The first-order chi connectivity index (χ1) is 6.50. The van der Waals surface area contributed by atoms with Crippen molar-refractivity contribution < 1.29 is 8.42 Å². The third-order valence-corrected chi connectivity index (χ3v) is 3.91. The van der Waals surface area contributed by atoms with Gasteiger partial charge < -0.3 is 4.57 Å². The molecule has 0 saturated carbocycles. The predicted octanol–water partition coefficient (Wildman–Crippen LogP) is 1.80. The van der Waals surface area contributed by atoms with Gasteiger partial charge in [0, 0.05) is 23.6 Å². The number of hydrogen-bond acceptors (Lipinski definition) is 3. The zero-order valence-corrected chi connectivity index (χ0v) is 9.53. The monoisotopic (exact) mass is 254 g/mol. The van der Waals surface area contributed by atoms with E-state index in [4.69, 9.17) is 22.3 Å². The molecule has 2 rings (SSSR count). The maximum atomic E-state index is 11.2. The van der Waals surface area contributed by atoms with Gasteiger partial charge in [-0.3, -0.25) is 0 Å². The van der Waals surface area contributed by atoms with E-state index < -0.39 is 9.05 Å². The highest BCUT2D eigenvalue weighted by atomic mass is 35.7. The summed E-state index contributed by atoms with van der Waals surface area (Å²) >= 11 is 5.72. The van der Waals surface area contributed by atoms with Gasteiger partial charge in [0.1, 0.15) is 5.82 Å². The van der Waals surface area contributed by atoms with E-state index in [-0.39, 0.29) is 10.2 Å². The standard InChI is InChI=1S/C7H8Cl2N2O2S/c8-6-7(14(9,12)13)11-4-2-1-3-5(11)10-6/h1-4H2. The van der Waals surface area contributed by atoms with Crippen LogP contribution in [0.3, 0.4) is 0 Å². The molecule has 0 atom stereocenters. The Hall–Kier alpha value is -0.260. The summed E-state index contributed by atoms with van der Waals surface area (Å²) in [6.45, 7) is 0.621. The highest BCUT2D eigenvalue weighted by molar-refractivity contribution is 8.13. The molecule has 4 nitrogen and oxygen atoms in total. The molecule has 0 fully saturated rings. The lowest BCUT2D eigenvalue weighted by Crippen LogP contribution is -2.14. The Morgan fingerprint density at radius 2 is 2.07 bits per heavy atom. The predicted molar refractivity (Wildman–Crippen MR) is 53.2 cm³/mol. The van der Waals surface area contributed by atoms with E-state index >= 15 is 0 Å². The van der Waals surface area contributed by atoms with Crippen molar-refractivity contribution >= 4 is 31.3 Å². The van der Waals surface area contributed by atoms with Gasteiger partial charge in [0.05, 0.1) is 0 Å². The maximum absolute atomic E-state index is 11.2. The first-order valence-electron chi connectivity index (χ1n) is 4.19. The van der Waals surface area contributed by atoms with E-state index in [1.54, 1.807) is 4.57 Å². The Bertz CT molecular complexity index is 466. The number of fused-ring (bicyclic) bond motifs is 1. The van der Waals surface area contributed by atoms with Crippen LogP contribution in [-0.2, 0) is 22.0 Å². The molecule has 0 bridgehead atoms. The molecule has 0 aliphatic carbocycles. The van der Waals surface area contributed by atoms with Crippen molar-refractivity contribution in [1.29, 1.82) is 0 Å². The maximum Gasteiger partial charge on any atom is 0.280 e. The molecule has 1 aromatic rings. The summed E-state index contributed by atoms with van der Waals surface area (Å²) in [6.07, 6.45) is 2.69. The molecule has 7 heteroatoms. The molecule has 0 saturated heterocycles. The molecule has 78 valence electrons. The van der Waals surface area contributed by atoms with Crippen molar-refractivity contribution in [3.05, 3.63) is 11.0 Å². The van der Waals surface area contributed by atoms with Crippen LogP contribution in [0.5, 0.6) is 0 Å². The minimum atomic E-state index is -3.79. The Balaban J connectivity index is 2.65.